The average Bonchev–Trinajstić information content (AvgIpc) is 2.71. The zero-order chi connectivity index (χ0) is 23.4. The minimum Gasteiger partial charge on any atom is -0.477 e. The number of fused-ring (bicyclic) bond motifs is 1. The highest BCUT2D eigenvalue weighted by Gasteiger charge is 2.69. The number of hydrogen-bond acceptors (Lipinski definition) is 5. The highest BCUT2D eigenvalue weighted by Crippen LogP contribution is 2.67. The van der Waals surface area contributed by atoms with Crippen molar-refractivity contribution >= 4 is 46.6 Å². The Kier molecular flexibility index (Phi) is 5.33. The van der Waals surface area contributed by atoms with E-state index in [-0.39, 0.29) is 34.2 Å². The molecule has 2 amide bonds. The van der Waals surface area contributed by atoms with Gasteiger partial charge in [0.2, 0.25) is 0 Å². The van der Waals surface area contributed by atoms with Crippen molar-refractivity contribution in [2.75, 3.05) is 30.4 Å². The van der Waals surface area contributed by atoms with Crippen LogP contribution in [0.2, 0.25) is 10.0 Å². The molecule has 1 heterocycles. The molecule has 4 aliphatic rings. The molecule has 0 aromatic heterocycles. The van der Waals surface area contributed by atoms with Crippen LogP contribution in [0.1, 0.15) is 19.3 Å². The molecule has 2 N–H and O–H groups in total. The van der Waals surface area contributed by atoms with E-state index in [9.17, 15) is 14.0 Å². The molecule has 2 aromatic rings. The first-order valence-electron chi connectivity index (χ1n) is 10.5. The fraction of sp³-hybridized carbons (Fsp3) is 0.391. The van der Waals surface area contributed by atoms with Crippen LogP contribution in [-0.2, 0) is 9.53 Å². The van der Waals surface area contributed by atoms with E-state index in [2.05, 4.69) is 10.6 Å². The van der Waals surface area contributed by atoms with E-state index < -0.39 is 18.0 Å². The normalized spacial score (nSPS) is 26.8. The van der Waals surface area contributed by atoms with Gasteiger partial charge in [-0.05, 0) is 55.7 Å². The number of carbonyl (C=O) groups is 2. The number of hydrogen-bond donors (Lipinski definition) is 2. The summed E-state index contributed by atoms with van der Waals surface area (Å²) >= 11 is 11.7. The minimum atomic E-state index is -0.656. The third-order valence-corrected chi connectivity index (χ3v) is 7.08. The van der Waals surface area contributed by atoms with Gasteiger partial charge in [-0.3, -0.25) is 10.1 Å². The van der Waals surface area contributed by atoms with Crippen molar-refractivity contribution in [3.05, 3.63) is 52.3 Å². The Hall–Kier alpha value is -2.71. The second-order valence-electron chi connectivity index (χ2n) is 9.23. The summed E-state index contributed by atoms with van der Waals surface area (Å²) in [6.45, 7) is 0.665. The highest BCUT2D eigenvalue weighted by molar-refractivity contribution is 6.31. The summed E-state index contributed by atoms with van der Waals surface area (Å²) in [6, 6.07) is 9.31. The number of ether oxygens (including phenoxy) is 2. The number of anilines is 2. The monoisotopic (exact) mass is 493 g/mol. The summed E-state index contributed by atoms with van der Waals surface area (Å²) in [6.07, 6.45) is 0.947. The number of nitrogens with one attached hydrogen (secondary N) is 2. The van der Waals surface area contributed by atoms with Crippen LogP contribution in [-0.4, -0.2) is 43.8 Å². The lowest BCUT2D eigenvalue weighted by molar-refractivity contribution is -0.184. The molecule has 33 heavy (non-hydrogen) atoms. The van der Waals surface area contributed by atoms with E-state index in [4.69, 9.17) is 32.7 Å². The van der Waals surface area contributed by atoms with E-state index in [1.165, 1.54) is 12.1 Å². The van der Waals surface area contributed by atoms with Crippen LogP contribution in [0.3, 0.4) is 0 Å². The summed E-state index contributed by atoms with van der Waals surface area (Å²) in [5, 5.41) is 6.21. The molecule has 0 spiro atoms. The summed E-state index contributed by atoms with van der Waals surface area (Å²) in [4.78, 5) is 26.9. The number of nitrogens with zero attached hydrogens (tertiary/aromatic N) is 1. The number of amides is 2. The van der Waals surface area contributed by atoms with Gasteiger partial charge in [0.05, 0.1) is 23.9 Å². The predicted octanol–water partition coefficient (Wildman–Crippen LogP) is 4.62. The molecule has 1 atom stereocenters. The van der Waals surface area contributed by atoms with Gasteiger partial charge >= 0.3 is 6.09 Å². The van der Waals surface area contributed by atoms with Crippen LogP contribution in [0, 0.1) is 11.2 Å². The summed E-state index contributed by atoms with van der Waals surface area (Å²) in [5.41, 5.74) is 0.735. The van der Waals surface area contributed by atoms with E-state index in [0.717, 1.165) is 31.0 Å². The molecule has 10 heteroatoms. The fourth-order valence-corrected chi connectivity index (χ4v) is 5.42. The van der Waals surface area contributed by atoms with Gasteiger partial charge < -0.3 is 19.7 Å². The van der Waals surface area contributed by atoms with E-state index in [0.29, 0.717) is 17.3 Å². The second kappa shape index (κ2) is 7.95. The molecule has 3 aliphatic carbocycles. The van der Waals surface area contributed by atoms with Crippen LogP contribution in [0.25, 0.3) is 0 Å². The molecular weight excluding hydrogens is 472 g/mol. The zero-order valence-corrected chi connectivity index (χ0v) is 19.3. The smallest absolute Gasteiger partial charge is 0.411 e. The van der Waals surface area contributed by atoms with Crippen molar-refractivity contribution in [2.24, 2.45) is 5.41 Å². The number of rotatable bonds is 5. The van der Waals surface area contributed by atoms with Crippen molar-refractivity contribution in [3.63, 3.8) is 0 Å². The van der Waals surface area contributed by atoms with Gasteiger partial charge in [-0.15, -0.1) is 0 Å². The van der Waals surface area contributed by atoms with Crippen molar-refractivity contribution in [3.8, 4) is 5.75 Å². The Morgan fingerprint density at radius 2 is 1.97 bits per heavy atom. The number of benzene rings is 2. The molecule has 2 aromatic carbocycles. The standard InChI is InChI=1S/C23H22Cl2FN3O4/c1-29-8-19(33-18-5-2-13(24)6-17(18)29)20(30)28-23-9-22(10-23,11-23)12-32-21(31)27-14-3-4-15(25)16(26)7-14/h2-7,19H,8-12H2,1H3,(H,27,31)(H,28,30). The maximum absolute atomic E-state index is 13.5. The summed E-state index contributed by atoms with van der Waals surface area (Å²) in [5.74, 6) is -0.145. The van der Waals surface area contributed by atoms with Crippen LogP contribution in [0.4, 0.5) is 20.6 Å². The van der Waals surface area contributed by atoms with Gasteiger partial charge in [0.25, 0.3) is 5.91 Å². The Labute approximate surface area is 200 Å². The Morgan fingerprint density at radius 1 is 1.21 bits per heavy atom. The molecule has 0 saturated heterocycles. The van der Waals surface area contributed by atoms with Crippen LogP contribution in [0.15, 0.2) is 36.4 Å². The van der Waals surface area contributed by atoms with Crippen molar-refractivity contribution in [1.29, 1.82) is 0 Å². The van der Waals surface area contributed by atoms with E-state index in [1.807, 2.05) is 18.0 Å². The van der Waals surface area contributed by atoms with Crippen LogP contribution >= 0.6 is 23.2 Å². The van der Waals surface area contributed by atoms with Crippen molar-refractivity contribution in [2.45, 2.75) is 30.9 Å². The summed E-state index contributed by atoms with van der Waals surface area (Å²) < 4.78 is 24.7. The first-order valence-corrected chi connectivity index (χ1v) is 11.3. The molecule has 3 saturated carbocycles. The van der Waals surface area contributed by atoms with Gasteiger partial charge in [0.1, 0.15) is 11.6 Å². The van der Waals surface area contributed by atoms with E-state index >= 15 is 0 Å². The van der Waals surface area contributed by atoms with Crippen molar-refractivity contribution in [1.82, 2.24) is 5.32 Å². The molecule has 7 nitrogen and oxygen atoms in total. The first-order chi connectivity index (χ1) is 15.7. The molecule has 2 bridgehead atoms. The molecule has 0 radical (unpaired) electrons. The molecule has 1 unspecified atom stereocenters. The molecule has 3 fully saturated rings. The largest absolute Gasteiger partial charge is 0.477 e. The zero-order valence-electron chi connectivity index (χ0n) is 17.8. The van der Waals surface area contributed by atoms with Gasteiger partial charge in [0, 0.05) is 28.7 Å². The lowest BCUT2D eigenvalue weighted by atomic mass is 9.39. The molecular formula is C23H22Cl2FN3O4. The molecule has 6 rings (SSSR count). The predicted molar refractivity (Wildman–Crippen MR) is 123 cm³/mol. The maximum Gasteiger partial charge on any atom is 0.411 e. The molecule has 1 aliphatic heterocycles. The van der Waals surface area contributed by atoms with Crippen molar-refractivity contribution < 1.29 is 23.5 Å². The third kappa shape index (κ3) is 4.17. The lowest BCUT2D eigenvalue weighted by Gasteiger charge is -2.70. The summed E-state index contributed by atoms with van der Waals surface area (Å²) in [7, 11) is 1.90. The quantitative estimate of drug-likeness (QED) is 0.635. The van der Waals surface area contributed by atoms with Gasteiger partial charge in [-0.25, -0.2) is 9.18 Å². The topological polar surface area (TPSA) is 79.9 Å². The number of halogens is 3. The Balaban J connectivity index is 1.09. The Bertz CT molecular complexity index is 1120. The highest BCUT2D eigenvalue weighted by atomic mass is 35.5. The minimum absolute atomic E-state index is 0.0194. The number of likely N-dealkylation sites (N-methyl/N-ethyl adjacent to an activating group) is 1. The SMILES string of the molecule is CN1CC(C(=O)NC23CC(COC(=O)Nc4ccc(Cl)c(F)c4)(C2)C3)Oc2ccc(Cl)cc21. The first kappa shape index (κ1) is 22.1. The molecule has 174 valence electrons. The van der Waals surface area contributed by atoms with E-state index in [1.54, 1.807) is 12.1 Å². The van der Waals surface area contributed by atoms with Gasteiger partial charge in [0.15, 0.2) is 6.10 Å². The fourth-order valence-electron chi connectivity index (χ4n) is 5.13. The lowest BCUT2D eigenvalue weighted by Crippen LogP contribution is -2.77. The third-order valence-electron chi connectivity index (χ3n) is 6.54. The van der Waals surface area contributed by atoms with Crippen LogP contribution in [0.5, 0.6) is 5.75 Å². The average molecular weight is 494 g/mol. The number of carbonyl (C=O) groups excluding carboxylic acids is 2. The van der Waals surface area contributed by atoms with Gasteiger partial charge in [-0.2, -0.15) is 0 Å². The van der Waals surface area contributed by atoms with Crippen LogP contribution < -0.4 is 20.3 Å². The van der Waals surface area contributed by atoms with Gasteiger partial charge in [-0.1, -0.05) is 23.2 Å². The maximum atomic E-state index is 13.5. The Morgan fingerprint density at radius 3 is 2.70 bits per heavy atom. The second-order valence-corrected chi connectivity index (χ2v) is 10.1.